The SMILES string of the molecule is Cc1cc(C(C)(C)C)ccc1C(C)(C)CCC(=O)O. The Labute approximate surface area is 116 Å². The molecule has 0 heterocycles. The number of hydrogen-bond acceptors (Lipinski definition) is 1. The molecule has 0 aromatic heterocycles. The Hall–Kier alpha value is -1.31. The van der Waals surface area contributed by atoms with Crippen molar-refractivity contribution < 1.29 is 9.90 Å². The average molecular weight is 262 g/mol. The number of aryl methyl sites for hydroxylation is 1. The van der Waals surface area contributed by atoms with E-state index in [4.69, 9.17) is 5.11 Å². The second kappa shape index (κ2) is 5.36. The van der Waals surface area contributed by atoms with E-state index in [0.29, 0.717) is 6.42 Å². The average Bonchev–Trinajstić information content (AvgIpc) is 2.25. The van der Waals surface area contributed by atoms with Gasteiger partial charge in [-0.2, -0.15) is 0 Å². The molecule has 1 aromatic rings. The molecular weight excluding hydrogens is 236 g/mol. The van der Waals surface area contributed by atoms with E-state index >= 15 is 0 Å². The lowest BCUT2D eigenvalue weighted by molar-refractivity contribution is -0.137. The fraction of sp³-hybridized carbons (Fsp3) is 0.588. The molecule has 1 N–H and O–H groups in total. The molecule has 1 aromatic carbocycles. The second-order valence-electron chi connectivity index (χ2n) is 7.06. The van der Waals surface area contributed by atoms with Gasteiger partial charge in [-0.3, -0.25) is 4.79 Å². The van der Waals surface area contributed by atoms with Gasteiger partial charge in [0.05, 0.1) is 0 Å². The van der Waals surface area contributed by atoms with Gasteiger partial charge in [-0.15, -0.1) is 0 Å². The van der Waals surface area contributed by atoms with Crippen LogP contribution in [0.15, 0.2) is 18.2 Å². The van der Waals surface area contributed by atoms with E-state index in [9.17, 15) is 4.79 Å². The summed E-state index contributed by atoms with van der Waals surface area (Å²) in [7, 11) is 0. The first-order chi connectivity index (χ1) is 8.54. The summed E-state index contributed by atoms with van der Waals surface area (Å²) in [5.74, 6) is -0.725. The van der Waals surface area contributed by atoms with Crippen LogP contribution in [0.25, 0.3) is 0 Å². The van der Waals surface area contributed by atoms with Crippen molar-refractivity contribution in [1.29, 1.82) is 0 Å². The maximum atomic E-state index is 10.7. The molecule has 0 bridgehead atoms. The van der Waals surface area contributed by atoms with Crippen LogP contribution in [-0.2, 0) is 15.6 Å². The van der Waals surface area contributed by atoms with Crippen molar-refractivity contribution in [3.63, 3.8) is 0 Å². The van der Waals surface area contributed by atoms with E-state index in [2.05, 4.69) is 59.7 Å². The normalized spacial score (nSPS) is 12.5. The molecular formula is C17H26O2. The van der Waals surface area contributed by atoms with Gasteiger partial charge in [-0.1, -0.05) is 52.8 Å². The van der Waals surface area contributed by atoms with Crippen molar-refractivity contribution in [3.8, 4) is 0 Å². The first kappa shape index (κ1) is 15.7. The molecule has 19 heavy (non-hydrogen) atoms. The van der Waals surface area contributed by atoms with Crippen molar-refractivity contribution >= 4 is 5.97 Å². The minimum Gasteiger partial charge on any atom is -0.481 e. The molecule has 106 valence electrons. The number of rotatable bonds is 4. The predicted molar refractivity (Wildman–Crippen MR) is 79.8 cm³/mol. The smallest absolute Gasteiger partial charge is 0.303 e. The van der Waals surface area contributed by atoms with Gasteiger partial charge >= 0.3 is 5.97 Å². The lowest BCUT2D eigenvalue weighted by Gasteiger charge is -2.28. The van der Waals surface area contributed by atoms with Crippen LogP contribution in [0, 0.1) is 6.92 Å². The van der Waals surface area contributed by atoms with Gasteiger partial charge in [0.1, 0.15) is 0 Å². The number of benzene rings is 1. The Bertz CT molecular complexity index is 465. The highest BCUT2D eigenvalue weighted by atomic mass is 16.4. The lowest BCUT2D eigenvalue weighted by atomic mass is 9.76. The predicted octanol–water partition coefficient (Wildman–Crippen LogP) is 4.43. The second-order valence-corrected chi connectivity index (χ2v) is 7.06. The fourth-order valence-electron chi connectivity index (χ4n) is 2.44. The van der Waals surface area contributed by atoms with Crippen molar-refractivity contribution in [1.82, 2.24) is 0 Å². The van der Waals surface area contributed by atoms with Crippen LogP contribution in [0.3, 0.4) is 0 Å². The van der Waals surface area contributed by atoms with Gasteiger partial charge in [0, 0.05) is 6.42 Å². The van der Waals surface area contributed by atoms with Crippen molar-refractivity contribution in [2.45, 2.75) is 65.2 Å². The van der Waals surface area contributed by atoms with E-state index in [-0.39, 0.29) is 17.3 Å². The molecule has 0 radical (unpaired) electrons. The van der Waals surface area contributed by atoms with Crippen LogP contribution < -0.4 is 0 Å². The van der Waals surface area contributed by atoms with Crippen LogP contribution in [0.1, 0.15) is 64.2 Å². The zero-order valence-electron chi connectivity index (χ0n) is 13.0. The van der Waals surface area contributed by atoms with Gasteiger partial charge in [-0.05, 0) is 40.9 Å². The standard InChI is InChI=1S/C17H26O2/c1-12-11-13(16(2,3)4)7-8-14(12)17(5,6)10-9-15(18)19/h7-8,11H,9-10H2,1-6H3,(H,18,19). The summed E-state index contributed by atoms with van der Waals surface area (Å²) in [4.78, 5) is 10.7. The van der Waals surface area contributed by atoms with Crippen molar-refractivity contribution in [2.75, 3.05) is 0 Å². The number of aliphatic carboxylic acids is 1. The molecule has 0 unspecified atom stereocenters. The first-order valence-corrected chi connectivity index (χ1v) is 6.87. The van der Waals surface area contributed by atoms with Gasteiger partial charge in [-0.25, -0.2) is 0 Å². The van der Waals surface area contributed by atoms with Crippen LogP contribution in [0.4, 0.5) is 0 Å². The monoisotopic (exact) mass is 262 g/mol. The summed E-state index contributed by atoms with van der Waals surface area (Å²) in [6.45, 7) is 13.0. The molecule has 0 spiro atoms. The van der Waals surface area contributed by atoms with Crippen LogP contribution in [-0.4, -0.2) is 11.1 Å². The maximum absolute atomic E-state index is 10.7. The van der Waals surface area contributed by atoms with Gasteiger partial charge in [0.2, 0.25) is 0 Å². The molecule has 0 aliphatic heterocycles. The highest BCUT2D eigenvalue weighted by Crippen LogP contribution is 2.33. The van der Waals surface area contributed by atoms with E-state index in [1.807, 2.05) is 0 Å². The molecule has 0 aliphatic carbocycles. The number of carboxylic acids is 1. The zero-order valence-corrected chi connectivity index (χ0v) is 13.0. The van der Waals surface area contributed by atoms with Gasteiger partial charge in [0.25, 0.3) is 0 Å². The largest absolute Gasteiger partial charge is 0.481 e. The van der Waals surface area contributed by atoms with Crippen molar-refractivity contribution in [2.24, 2.45) is 0 Å². The summed E-state index contributed by atoms with van der Waals surface area (Å²) in [5.41, 5.74) is 3.88. The number of hydrogen-bond donors (Lipinski definition) is 1. The highest BCUT2D eigenvalue weighted by Gasteiger charge is 2.24. The number of carboxylic acid groups (broad SMARTS) is 1. The quantitative estimate of drug-likeness (QED) is 0.871. The minimum atomic E-state index is -0.725. The molecule has 0 amide bonds. The Balaban J connectivity index is 3.05. The first-order valence-electron chi connectivity index (χ1n) is 6.87. The zero-order chi connectivity index (χ0) is 14.8. The van der Waals surface area contributed by atoms with E-state index in [0.717, 1.165) is 0 Å². The van der Waals surface area contributed by atoms with Crippen LogP contribution >= 0.6 is 0 Å². The number of carbonyl (C=O) groups is 1. The molecule has 0 saturated carbocycles. The Morgan fingerprint density at radius 2 is 1.74 bits per heavy atom. The molecule has 2 heteroatoms. The van der Waals surface area contributed by atoms with E-state index in [1.54, 1.807) is 0 Å². The Kier molecular flexibility index (Phi) is 4.44. The molecule has 0 aliphatic rings. The third-order valence-electron chi connectivity index (χ3n) is 3.79. The minimum absolute atomic E-state index is 0.0983. The fourth-order valence-corrected chi connectivity index (χ4v) is 2.44. The summed E-state index contributed by atoms with van der Waals surface area (Å²) in [6, 6.07) is 6.57. The molecule has 2 nitrogen and oxygen atoms in total. The molecule has 0 fully saturated rings. The molecule has 0 saturated heterocycles. The Morgan fingerprint density at radius 1 is 1.16 bits per heavy atom. The third-order valence-corrected chi connectivity index (χ3v) is 3.79. The van der Waals surface area contributed by atoms with E-state index in [1.165, 1.54) is 16.7 Å². The molecule has 1 rings (SSSR count). The maximum Gasteiger partial charge on any atom is 0.303 e. The summed E-state index contributed by atoms with van der Waals surface area (Å²) in [5, 5.41) is 8.84. The highest BCUT2D eigenvalue weighted by molar-refractivity contribution is 5.66. The Morgan fingerprint density at radius 3 is 2.16 bits per heavy atom. The molecule has 0 atom stereocenters. The van der Waals surface area contributed by atoms with E-state index < -0.39 is 5.97 Å². The van der Waals surface area contributed by atoms with Crippen LogP contribution in [0.5, 0.6) is 0 Å². The third kappa shape index (κ3) is 4.09. The summed E-state index contributed by atoms with van der Waals surface area (Å²) < 4.78 is 0. The van der Waals surface area contributed by atoms with Crippen molar-refractivity contribution in [3.05, 3.63) is 34.9 Å². The van der Waals surface area contributed by atoms with Gasteiger partial charge in [0.15, 0.2) is 0 Å². The summed E-state index contributed by atoms with van der Waals surface area (Å²) in [6.07, 6.45) is 0.880. The van der Waals surface area contributed by atoms with Gasteiger partial charge < -0.3 is 5.11 Å². The summed E-state index contributed by atoms with van der Waals surface area (Å²) >= 11 is 0. The van der Waals surface area contributed by atoms with Crippen LogP contribution in [0.2, 0.25) is 0 Å². The topological polar surface area (TPSA) is 37.3 Å². The lowest BCUT2D eigenvalue weighted by Crippen LogP contribution is -2.21.